The van der Waals surface area contributed by atoms with Crippen molar-refractivity contribution in [1.82, 2.24) is 4.98 Å². The summed E-state index contributed by atoms with van der Waals surface area (Å²) in [5.74, 6) is 0.635. The highest BCUT2D eigenvalue weighted by Gasteiger charge is 2.35. The zero-order valence-electron chi connectivity index (χ0n) is 17.6. The van der Waals surface area contributed by atoms with Crippen molar-refractivity contribution in [2.75, 3.05) is 11.5 Å². The molecule has 1 saturated carbocycles. The zero-order valence-corrected chi connectivity index (χ0v) is 17.6. The third kappa shape index (κ3) is 3.65. The number of rotatable bonds is 5. The Morgan fingerprint density at radius 1 is 1.30 bits per heavy atom. The Hall–Kier alpha value is -2.58. The molecule has 4 rings (SSSR count). The highest BCUT2D eigenvalue weighted by molar-refractivity contribution is 5.97. The number of nitrogens with zero attached hydrogens (tertiary/aromatic N) is 2. The largest absolute Gasteiger partial charge is 0.476 e. The summed E-state index contributed by atoms with van der Waals surface area (Å²) in [6, 6.07) is 3.60. The number of nitrogens with two attached hydrogens (primary N) is 1. The van der Waals surface area contributed by atoms with E-state index in [0.29, 0.717) is 34.2 Å². The van der Waals surface area contributed by atoms with Gasteiger partial charge in [0.15, 0.2) is 17.7 Å². The van der Waals surface area contributed by atoms with Crippen LogP contribution in [0.5, 0.6) is 0 Å². The molecule has 1 unspecified atom stereocenters. The van der Waals surface area contributed by atoms with Gasteiger partial charge in [-0.15, -0.1) is 0 Å². The summed E-state index contributed by atoms with van der Waals surface area (Å²) in [6.45, 7) is 5.40. The van der Waals surface area contributed by atoms with E-state index < -0.39 is 17.7 Å². The fraction of sp³-hybridized carbons (Fsp3) is 0.545. The minimum absolute atomic E-state index is 0.212. The number of hydrogen-bond donors (Lipinski definition) is 3. The molecule has 0 saturated heterocycles. The van der Waals surface area contributed by atoms with E-state index in [0.717, 1.165) is 25.7 Å². The Kier molecular flexibility index (Phi) is 5.23. The van der Waals surface area contributed by atoms with Crippen LogP contribution in [-0.4, -0.2) is 33.9 Å². The summed E-state index contributed by atoms with van der Waals surface area (Å²) in [5, 5.41) is 20.2. The van der Waals surface area contributed by atoms with Crippen LogP contribution in [0, 0.1) is 5.92 Å². The molecule has 1 amide bonds. The van der Waals surface area contributed by atoms with Gasteiger partial charge in [0, 0.05) is 24.2 Å². The predicted molar refractivity (Wildman–Crippen MR) is 111 cm³/mol. The van der Waals surface area contributed by atoms with Crippen molar-refractivity contribution in [3.05, 3.63) is 35.5 Å². The molecule has 162 valence electrons. The van der Waals surface area contributed by atoms with Crippen molar-refractivity contribution in [2.45, 2.75) is 64.2 Å². The molecule has 30 heavy (non-hydrogen) atoms. The van der Waals surface area contributed by atoms with Gasteiger partial charge in [-0.2, -0.15) is 0 Å². The Morgan fingerprint density at radius 3 is 2.60 bits per heavy atom. The Bertz CT molecular complexity index is 983. The summed E-state index contributed by atoms with van der Waals surface area (Å²) < 4.78 is 11.6. The molecule has 2 aliphatic rings. The van der Waals surface area contributed by atoms with E-state index >= 15 is 0 Å². The van der Waals surface area contributed by atoms with Crippen LogP contribution in [-0.2, 0) is 15.1 Å². The third-order valence-corrected chi connectivity index (χ3v) is 6.15. The maximum absolute atomic E-state index is 11.9. The lowest BCUT2D eigenvalue weighted by Gasteiger charge is -2.30. The van der Waals surface area contributed by atoms with E-state index in [9.17, 15) is 15.0 Å². The molecule has 1 aliphatic carbocycles. The average Bonchev–Trinajstić information content (AvgIpc) is 3.29. The lowest BCUT2D eigenvalue weighted by atomic mass is 9.82. The number of aromatic nitrogens is 1. The smallest absolute Gasteiger partial charge is 0.268 e. The van der Waals surface area contributed by atoms with Crippen LogP contribution in [0.2, 0.25) is 0 Å². The van der Waals surface area contributed by atoms with Crippen molar-refractivity contribution in [2.24, 2.45) is 11.7 Å². The molecule has 1 aromatic heterocycles. The molecule has 1 fully saturated rings. The maximum Gasteiger partial charge on any atom is 0.268 e. The average molecular weight is 415 g/mol. The molecule has 8 nitrogen and oxygen atoms in total. The maximum atomic E-state index is 11.9. The number of primary amides is 1. The van der Waals surface area contributed by atoms with Crippen LogP contribution >= 0.6 is 0 Å². The minimum atomic E-state index is -1.19. The van der Waals surface area contributed by atoms with Gasteiger partial charge in [0.1, 0.15) is 17.5 Å². The summed E-state index contributed by atoms with van der Waals surface area (Å²) in [6.07, 6.45) is 4.65. The number of amides is 1. The molecule has 0 bridgehead atoms. The lowest BCUT2D eigenvalue weighted by molar-refractivity contribution is -0.114. The van der Waals surface area contributed by atoms with Gasteiger partial charge in [-0.1, -0.05) is 0 Å². The van der Waals surface area contributed by atoms with E-state index in [2.05, 4.69) is 0 Å². The Labute approximate surface area is 175 Å². The van der Waals surface area contributed by atoms with Crippen LogP contribution in [0.3, 0.4) is 0 Å². The van der Waals surface area contributed by atoms with Gasteiger partial charge in [-0.3, -0.25) is 9.69 Å². The van der Waals surface area contributed by atoms with Crippen molar-refractivity contribution < 1.29 is 24.2 Å². The number of carbonyl (C=O) groups is 1. The summed E-state index contributed by atoms with van der Waals surface area (Å²) in [7, 11) is 0. The molecule has 0 radical (unpaired) electrons. The second kappa shape index (κ2) is 7.59. The molecule has 0 spiro atoms. The van der Waals surface area contributed by atoms with Crippen LogP contribution in [0.4, 0.5) is 5.69 Å². The number of fused-ring (bicyclic) bond motifs is 1. The standard InChI is InChI=1S/C22H29N3O5/c1-12-25(18(11-29-12)20(23)27)17-9-19-16(8-15(17)22(2,3)28)24-21(30-19)14-6-4-13(10-26)5-7-14/h8-9,11-14,26,28H,4-7,10H2,1-3H3,(H2,23,27). The topological polar surface area (TPSA) is 122 Å². The molecule has 2 aromatic rings. The van der Waals surface area contributed by atoms with E-state index in [4.69, 9.17) is 19.9 Å². The highest BCUT2D eigenvalue weighted by Crippen LogP contribution is 2.41. The number of oxazole rings is 1. The number of benzene rings is 1. The first-order valence-electron chi connectivity index (χ1n) is 10.4. The predicted octanol–water partition coefficient (Wildman–Crippen LogP) is 2.83. The van der Waals surface area contributed by atoms with Gasteiger partial charge in [0.05, 0.1) is 11.3 Å². The van der Waals surface area contributed by atoms with E-state index in [-0.39, 0.29) is 18.2 Å². The molecular weight excluding hydrogens is 386 g/mol. The summed E-state index contributed by atoms with van der Waals surface area (Å²) in [5.41, 5.74) is 7.01. The number of ether oxygens (including phenoxy) is 1. The normalized spacial score (nSPS) is 24.8. The fourth-order valence-electron chi connectivity index (χ4n) is 4.42. The Morgan fingerprint density at radius 2 is 2.00 bits per heavy atom. The number of hydrogen-bond acceptors (Lipinski definition) is 7. The molecule has 4 N–H and O–H groups in total. The second-order valence-electron chi connectivity index (χ2n) is 8.82. The van der Waals surface area contributed by atoms with Gasteiger partial charge in [0.2, 0.25) is 0 Å². The van der Waals surface area contributed by atoms with Gasteiger partial charge >= 0.3 is 0 Å². The minimum Gasteiger partial charge on any atom is -0.476 e. The molecular formula is C22H29N3O5. The van der Waals surface area contributed by atoms with Crippen molar-refractivity contribution in [3.8, 4) is 0 Å². The second-order valence-corrected chi connectivity index (χ2v) is 8.82. The zero-order chi connectivity index (χ0) is 21.6. The van der Waals surface area contributed by atoms with Gasteiger partial charge in [-0.25, -0.2) is 4.98 Å². The first-order valence-corrected chi connectivity index (χ1v) is 10.4. The van der Waals surface area contributed by atoms with E-state index in [1.807, 2.05) is 0 Å². The van der Waals surface area contributed by atoms with Crippen LogP contribution in [0.25, 0.3) is 11.1 Å². The van der Waals surface area contributed by atoms with Gasteiger partial charge in [-0.05, 0) is 58.4 Å². The van der Waals surface area contributed by atoms with Crippen molar-refractivity contribution >= 4 is 22.7 Å². The van der Waals surface area contributed by atoms with Gasteiger partial charge < -0.3 is 25.1 Å². The molecule has 1 aromatic carbocycles. The quantitative estimate of drug-likeness (QED) is 0.686. The summed E-state index contributed by atoms with van der Waals surface area (Å²) in [4.78, 5) is 18.3. The highest BCUT2D eigenvalue weighted by atomic mass is 16.5. The van der Waals surface area contributed by atoms with E-state index in [1.54, 1.807) is 37.8 Å². The van der Waals surface area contributed by atoms with Crippen LogP contribution < -0.4 is 10.6 Å². The number of aliphatic hydroxyl groups is 2. The SMILES string of the molecule is CC1OC=C(C(N)=O)N1c1cc2oc(C3CCC(CO)CC3)nc2cc1C(C)(C)O. The first kappa shape index (κ1) is 20.7. The van der Waals surface area contributed by atoms with Crippen molar-refractivity contribution in [3.63, 3.8) is 0 Å². The lowest BCUT2D eigenvalue weighted by Crippen LogP contribution is -2.36. The fourth-order valence-corrected chi connectivity index (χ4v) is 4.42. The van der Waals surface area contributed by atoms with Crippen LogP contribution in [0.15, 0.2) is 28.5 Å². The number of carbonyl (C=O) groups excluding carboxylic acids is 1. The van der Waals surface area contributed by atoms with Crippen LogP contribution in [0.1, 0.15) is 63.8 Å². The molecule has 2 heterocycles. The molecule has 8 heteroatoms. The first-order chi connectivity index (χ1) is 14.2. The Balaban J connectivity index is 1.77. The van der Waals surface area contributed by atoms with Crippen molar-refractivity contribution in [1.29, 1.82) is 0 Å². The van der Waals surface area contributed by atoms with E-state index in [1.165, 1.54) is 6.26 Å². The number of anilines is 1. The third-order valence-electron chi connectivity index (χ3n) is 6.15. The number of aliphatic hydroxyl groups excluding tert-OH is 1. The summed E-state index contributed by atoms with van der Waals surface area (Å²) >= 11 is 0. The monoisotopic (exact) mass is 415 g/mol. The molecule has 1 atom stereocenters. The van der Waals surface area contributed by atoms with Gasteiger partial charge in [0.25, 0.3) is 5.91 Å². The molecule has 1 aliphatic heterocycles.